The molecule has 0 radical (unpaired) electrons. The standard InChI is InChI=1S/C12H19N3O.C9H9NS.C2H6N2O/c1-4-12(13)16-8-10-9(2)6-5-7-11(10)15(3)14;10-8-5-6-11-9-4-2-1-3-7(8)9;1-4(3)2-5/h5-7,13H,4,8,14H2,1-3H3;1-4,10H,5-6H2;2H,3H2,1H3. The van der Waals surface area contributed by atoms with Gasteiger partial charge in [0, 0.05) is 48.0 Å². The van der Waals surface area contributed by atoms with E-state index in [4.69, 9.17) is 27.2 Å². The third-order valence-corrected chi connectivity index (χ3v) is 5.54. The van der Waals surface area contributed by atoms with Crippen LogP contribution in [0.4, 0.5) is 5.69 Å². The molecule has 0 aliphatic carbocycles. The first-order valence-corrected chi connectivity index (χ1v) is 11.2. The lowest BCUT2D eigenvalue weighted by Crippen LogP contribution is -2.26. The lowest BCUT2D eigenvalue weighted by Gasteiger charge is -2.19. The van der Waals surface area contributed by atoms with Gasteiger partial charge in [-0.15, -0.1) is 11.8 Å². The number of hydrogen-bond acceptors (Lipinski definition) is 8. The number of anilines is 1. The van der Waals surface area contributed by atoms with E-state index in [0.29, 0.717) is 25.3 Å². The second kappa shape index (κ2) is 14.2. The molecular formula is C23H34N6O2S. The monoisotopic (exact) mass is 458 g/mol. The lowest BCUT2D eigenvalue weighted by molar-refractivity contribution is -0.117. The van der Waals surface area contributed by atoms with Gasteiger partial charge in [0.1, 0.15) is 6.61 Å². The third-order valence-electron chi connectivity index (χ3n) is 4.47. The summed E-state index contributed by atoms with van der Waals surface area (Å²) in [5, 5.41) is 17.6. The molecule has 32 heavy (non-hydrogen) atoms. The smallest absolute Gasteiger partial charge is 0.223 e. The summed E-state index contributed by atoms with van der Waals surface area (Å²) in [5.41, 5.74) is 5.01. The summed E-state index contributed by atoms with van der Waals surface area (Å²) in [6.45, 7) is 4.31. The van der Waals surface area contributed by atoms with E-state index in [9.17, 15) is 4.79 Å². The van der Waals surface area contributed by atoms with Gasteiger partial charge in [0.15, 0.2) is 5.90 Å². The van der Waals surface area contributed by atoms with Crippen molar-refractivity contribution in [3.63, 3.8) is 0 Å². The van der Waals surface area contributed by atoms with Crippen LogP contribution < -0.4 is 16.7 Å². The highest BCUT2D eigenvalue weighted by Crippen LogP contribution is 2.29. The molecule has 1 amide bonds. The van der Waals surface area contributed by atoms with Crippen molar-refractivity contribution in [1.82, 2.24) is 5.01 Å². The molecule has 0 aromatic heterocycles. The predicted octanol–water partition coefficient (Wildman–Crippen LogP) is 3.71. The molecule has 0 spiro atoms. The molecular weight excluding hydrogens is 424 g/mol. The highest BCUT2D eigenvalue weighted by atomic mass is 32.2. The largest absolute Gasteiger partial charge is 0.476 e. The van der Waals surface area contributed by atoms with Crippen LogP contribution in [0.2, 0.25) is 0 Å². The molecule has 2 aromatic carbocycles. The Labute approximate surface area is 194 Å². The number of nitrogens with zero attached hydrogens (tertiary/aromatic N) is 2. The Morgan fingerprint density at radius 3 is 2.41 bits per heavy atom. The topological polar surface area (TPSA) is 133 Å². The number of aryl methyl sites for hydroxylation is 1. The fraction of sp³-hybridized carbons (Fsp3) is 0.348. The maximum Gasteiger partial charge on any atom is 0.223 e. The van der Waals surface area contributed by atoms with Crippen LogP contribution in [-0.4, -0.2) is 42.9 Å². The Balaban J connectivity index is 0.000000275. The number of hydrogen-bond donors (Lipinski definition) is 4. The van der Waals surface area contributed by atoms with Crippen molar-refractivity contribution in [1.29, 1.82) is 10.8 Å². The zero-order chi connectivity index (χ0) is 24.1. The van der Waals surface area contributed by atoms with E-state index in [1.165, 1.54) is 11.9 Å². The van der Waals surface area contributed by atoms with Crippen LogP contribution in [0.1, 0.15) is 36.5 Å². The molecule has 1 aliphatic heterocycles. The normalized spacial score (nSPS) is 11.6. The molecule has 3 rings (SSSR count). The summed E-state index contributed by atoms with van der Waals surface area (Å²) in [6, 6.07) is 14.1. The Hall–Kier alpha value is -2.88. The van der Waals surface area contributed by atoms with Gasteiger partial charge in [0.2, 0.25) is 6.41 Å². The van der Waals surface area contributed by atoms with Crippen LogP contribution in [0.5, 0.6) is 0 Å². The van der Waals surface area contributed by atoms with Crippen LogP contribution in [0.3, 0.4) is 0 Å². The first-order valence-electron chi connectivity index (χ1n) is 10.2. The second-order valence-electron chi connectivity index (χ2n) is 7.09. The zero-order valence-corrected chi connectivity index (χ0v) is 20.0. The van der Waals surface area contributed by atoms with Crippen molar-refractivity contribution in [2.45, 2.75) is 38.2 Å². The van der Waals surface area contributed by atoms with E-state index in [1.807, 2.05) is 62.0 Å². The number of fused-ring (bicyclic) bond motifs is 1. The summed E-state index contributed by atoms with van der Waals surface area (Å²) >= 11 is 1.85. The summed E-state index contributed by atoms with van der Waals surface area (Å²) in [7, 11) is 3.26. The van der Waals surface area contributed by atoms with Crippen LogP contribution in [0.15, 0.2) is 47.4 Å². The van der Waals surface area contributed by atoms with Crippen LogP contribution >= 0.6 is 11.8 Å². The number of nitrogens with two attached hydrogens (primary N) is 2. The minimum atomic E-state index is 0.300. The maximum absolute atomic E-state index is 9.31. The minimum Gasteiger partial charge on any atom is -0.476 e. The number of rotatable bonds is 5. The lowest BCUT2D eigenvalue weighted by atomic mass is 10.1. The van der Waals surface area contributed by atoms with Crippen molar-refractivity contribution < 1.29 is 9.53 Å². The number of carbonyl (C=O) groups is 1. The molecule has 9 heteroatoms. The number of amides is 1. The molecule has 1 aliphatic rings. The number of nitrogens with one attached hydrogen (secondary N) is 2. The number of ether oxygens (including phenoxy) is 1. The fourth-order valence-corrected chi connectivity index (χ4v) is 3.75. The van der Waals surface area contributed by atoms with Gasteiger partial charge in [-0.05, 0) is 31.0 Å². The fourth-order valence-electron chi connectivity index (χ4n) is 2.71. The van der Waals surface area contributed by atoms with Crippen molar-refractivity contribution in [3.8, 4) is 0 Å². The predicted molar refractivity (Wildman–Crippen MR) is 133 cm³/mol. The molecule has 6 N–H and O–H groups in total. The summed E-state index contributed by atoms with van der Waals surface area (Å²) in [6.07, 6.45) is 2.06. The van der Waals surface area contributed by atoms with Gasteiger partial charge in [-0.2, -0.15) is 0 Å². The number of thioether (sulfide) groups is 1. The minimum absolute atomic E-state index is 0.300. The molecule has 0 atom stereocenters. The van der Waals surface area contributed by atoms with Crippen LogP contribution in [0, 0.1) is 17.7 Å². The van der Waals surface area contributed by atoms with Crippen molar-refractivity contribution in [3.05, 3.63) is 59.2 Å². The Kier molecular flexibility index (Phi) is 12.1. The summed E-state index contributed by atoms with van der Waals surface area (Å²) in [4.78, 5) is 10.6. The molecule has 0 unspecified atom stereocenters. The van der Waals surface area contributed by atoms with Gasteiger partial charge < -0.3 is 15.2 Å². The molecule has 0 fully saturated rings. The molecule has 0 saturated carbocycles. The van der Waals surface area contributed by atoms with Gasteiger partial charge in [-0.3, -0.25) is 15.2 Å². The Bertz CT molecular complexity index is 902. The van der Waals surface area contributed by atoms with Crippen molar-refractivity contribution >= 4 is 35.5 Å². The first kappa shape index (κ1) is 27.2. The van der Waals surface area contributed by atoms with Gasteiger partial charge >= 0.3 is 0 Å². The summed E-state index contributed by atoms with van der Waals surface area (Å²) < 4.78 is 5.35. The van der Waals surface area contributed by atoms with Gasteiger partial charge in [-0.1, -0.05) is 37.3 Å². The highest BCUT2D eigenvalue weighted by Gasteiger charge is 2.12. The van der Waals surface area contributed by atoms with Gasteiger partial charge in [0.05, 0.1) is 5.69 Å². The number of hydrazine groups is 2. The van der Waals surface area contributed by atoms with Crippen LogP contribution in [0.25, 0.3) is 0 Å². The molecule has 2 aromatic rings. The Morgan fingerprint density at radius 1 is 1.19 bits per heavy atom. The van der Waals surface area contributed by atoms with Crippen LogP contribution in [-0.2, 0) is 16.1 Å². The molecule has 1 heterocycles. The average Bonchev–Trinajstić information content (AvgIpc) is 2.79. The SMILES string of the molecule is CCC(=N)OCc1c(C)cccc1N(C)N.CN(N)C=O.N=C1CCSc2ccccc21. The maximum atomic E-state index is 9.31. The average molecular weight is 459 g/mol. The number of carbonyl (C=O) groups excluding carboxylic acids is 1. The second-order valence-corrected chi connectivity index (χ2v) is 8.23. The molecule has 8 nitrogen and oxygen atoms in total. The summed E-state index contributed by atoms with van der Waals surface area (Å²) in [5.74, 6) is 11.9. The van der Waals surface area contributed by atoms with E-state index in [2.05, 4.69) is 6.07 Å². The molecule has 174 valence electrons. The van der Waals surface area contributed by atoms with Crippen molar-refractivity contribution in [2.75, 3.05) is 24.9 Å². The number of benzene rings is 2. The Morgan fingerprint density at radius 2 is 1.84 bits per heavy atom. The van der Waals surface area contributed by atoms with E-state index < -0.39 is 0 Å². The quantitative estimate of drug-likeness (QED) is 0.135. The highest BCUT2D eigenvalue weighted by molar-refractivity contribution is 7.99. The van der Waals surface area contributed by atoms with Crippen molar-refractivity contribution in [2.24, 2.45) is 11.7 Å². The van der Waals surface area contributed by atoms with E-state index in [1.54, 1.807) is 12.1 Å². The van der Waals surface area contributed by atoms with Gasteiger partial charge in [0.25, 0.3) is 0 Å². The van der Waals surface area contributed by atoms with E-state index in [0.717, 1.165) is 45.3 Å². The molecule has 0 saturated heterocycles. The van der Waals surface area contributed by atoms with E-state index in [-0.39, 0.29) is 0 Å². The third kappa shape index (κ3) is 9.09. The molecule has 0 bridgehead atoms. The van der Waals surface area contributed by atoms with E-state index >= 15 is 0 Å². The first-order chi connectivity index (χ1) is 15.2. The van der Waals surface area contributed by atoms with Gasteiger partial charge in [-0.25, -0.2) is 11.7 Å². The zero-order valence-electron chi connectivity index (χ0n) is 19.2.